The molecule has 1 aliphatic rings. The van der Waals surface area contributed by atoms with E-state index in [4.69, 9.17) is 5.11 Å². The first kappa shape index (κ1) is 11.4. The molecule has 0 spiro atoms. The van der Waals surface area contributed by atoms with E-state index < -0.39 is 29.9 Å². The molecule has 1 saturated carbocycles. The van der Waals surface area contributed by atoms with Crippen LogP contribution in [0.15, 0.2) is 0 Å². The van der Waals surface area contributed by atoms with E-state index in [2.05, 4.69) is 4.74 Å². The van der Waals surface area contributed by atoms with E-state index in [-0.39, 0.29) is 12.8 Å². The van der Waals surface area contributed by atoms with Gasteiger partial charge in [-0.05, 0) is 0 Å². The maximum atomic E-state index is 11.1. The van der Waals surface area contributed by atoms with E-state index in [9.17, 15) is 20.1 Å². The molecular weight excluding hydrogens is 192 g/mol. The average Bonchev–Trinajstić information content (AvgIpc) is 2.12. The van der Waals surface area contributed by atoms with Crippen LogP contribution >= 0.6 is 0 Å². The van der Waals surface area contributed by atoms with E-state index in [1.54, 1.807) is 0 Å². The van der Waals surface area contributed by atoms with Gasteiger partial charge in [0.15, 0.2) is 5.60 Å². The highest BCUT2D eigenvalue weighted by Crippen LogP contribution is 2.30. The third kappa shape index (κ3) is 1.88. The van der Waals surface area contributed by atoms with Gasteiger partial charge in [0, 0.05) is 12.8 Å². The standard InChI is InChI=1S/C8H14O6/c1-14-7(12)8(13)2-4(9)6(11)5(10)3-8/h4-6,9-11,13H,2-3H2,1H3/t4-,5-,6?,8?/m1/s1. The first-order valence-corrected chi connectivity index (χ1v) is 4.25. The highest BCUT2D eigenvalue weighted by atomic mass is 16.5. The normalized spacial score (nSPS) is 43.4. The van der Waals surface area contributed by atoms with Crippen molar-refractivity contribution in [2.45, 2.75) is 36.8 Å². The molecule has 4 N–H and O–H groups in total. The molecule has 0 aromatic rings. The van der Waals surface area contributed by atoms with Gasteiger partial charge >= 0.3 is 5.97 Å². The highest BCUT2D eigenvalue weighted by Gasteiger charge is 2.49. The Bertz CT molecular complexity index is 216. The molecule has 2 atom stereocenters. The van der Waals surface area contributed by atoms with Gasteiger partial charge in [0.25, 0.3) is 0 Å². The smallest absolute Gasteiger partial charge is 0.338 e. The first-order chi connectivity index (χ1) is 6.40. The molecule has 0 radical (unpaired) electrons. The molecule has 0 amide bonds. The van der Waals surface area contributed by atoms with Crippen LogP contribution in [0.5, 0.6) is 0 Å². The van der Waals surface area contributed by atoms with Crippen LogP contribution < -0.4 is 0 Å². The maximum Gasteiger partial charge on any atom is 0.338 e. The molecule has 1 rings (SSSR count). The minimum Gasteiger partial charge on any atom is -0.467 e. The summed E-state index contributed by atoms with van der Waals surface area (Å²) in [6.07, 6.45) is -4.67. The van der Waals surface area contributed by atoms with Crippen molar-refractivity contribution in [1.29, 1.82) is 0 Å². The van der Waals surface area contributed by atoms with Crippen molar-refractivity contribution in [2.75, 3.05) is 7.11 Å². The predicted octanol–water partition coefficient (Wildman–Crippen LogP) is -2.23. The fraction of sp³-hybridized carbons (Fsp3) is 0.875. The van der Waals surface area contributed by atoms with E-state index in [0.29, 0.717) is 0 Å². The van der Waals surface area contributed by atoms with Gasteiger partial charge in [0.1, 0.15) is 6.10 Å². The summed E-state index contributed by atoms with van der Waals surface area (Å²) in [5.74, 6) is -0.914. The predicted molar refractivity (Wildman–Crippen MR) is 44.2 cm³/mol. The summed E-state index contributed by atoms with van der Waals surface area (Å²) in [6.45, 7) is 0. The molecule has 0 bridgehead atoms. The average molecular weight is 206 g/mol. The Hall–Kier alpha value is -0.690. The lowest BCUT2D eigenvalue weighted by Crippen LogP contribution is -2.56. The van der Waals surface area contributed by atoms with Crippen molar-refractivity contribution >= 4 is 5.97 Å². The fourth-order valence-electron chi connectivity index (χ4n) is 1.63. The topological polar surface area (TPSA) is 107 Å². The summed E-state index contributed by atoms with van der Waals surface area (Å²) in [4.78, 5) is 11.1. The van der Waals surface area contributed by atoms with Crippen LogP contribution in [0.3, 0.4) is 0 Å². The summed E-state index contributed by atoms with van der Waals surface area (Å²) < 4.78 is 4.33. The minimum absolute atomic E-state index is 0.335. The van der Waals surface area contributed by atoms with Crippen molar-refractivity contribution < 1.29 is 30.0 Å². The molecular formula is C8H14O6. The van der Waals surface area contributed by atoms with Gasteiger partial charge in [-0.25, -0.2) is 4.79 Å². The van der Waals surface area contributed by atoms with Gasteiger partial charge in [-0.15, -0.1) is 0 Å². The number of rotatable bonds is 1. The van der Waals surface area contributed by atoms with Gasteiger partial charge in [0.2, 0.25) is 0 Å². The monoisotopic (exact) mass is 206 g/mol. The summed E-state index contributed by atoms with van der Waals surface area (Å²) >= 11 is 0. The summed E-state index contributed by atoms with van der Waals surface area (Å²) in [6, 6.07) is 0. The van der Waals surface area contributed by atoms with Gasteiger partial charge in [-0.2, -0.15) is 0 Å². The lowest BCUT2D eigenvalue weighted by Gasteiger charge is -2.38. The number of aliphatic hydroxyl groups excluding tert-OH is 3. The van der Waals surface area contributed by atoms with E-state index in [1.807, 2.05) is 0 Å². The molecule has 0 aromatic heterocycles. The van der Waals surface area contributed by atoms with Crippen molar-refractivity contribution in [1.82, 2.24) is 0 Å². The quantitative estimate of drug-likeness (QED) is 0.362. The number of esters is 1. The first-order valence-electron chi connectivity index (χ1n) is 4.25. The van der Waals surface area contributed by atoms with Crippen LogP contribution in [0.2, 0.25) is 0 Å². The number of hydrogen-bond donors (Lipinski definition) is 4. The zero-order valence-corrected chi connectivity index (χ0v) is 7.75. The van der Waals surface area contributed by atoms with Crippen LogP contribution in [0, 0.1) is 0 Å². The molecule has 1 aliphatic carbocycles. The molecule has 0 aromatic carbocycles. The SMILES string of the molecule is COC(=O)C1(O)C[C@@H](O)C(O)[C@H](O)C1. The van der Waals surface area contributed by atoms with Crippen LogP contribution in [0.1, 0.15) is 12.8 Å². The summed E-state index contributed by atoms with van der Waals surface area (Å²) in [5.41, 5.74) is -1.91. The molecule has 1 fully saturated rings. The van der Waals surface area contributed by atoms with Gasteiger partial charge in [-0.3, -0.25) is 0 Å². The molecule has 6 nitrogen and oxygen atoms in total. The Morgan fingerprint density at radius 1 is 1.29 bits per heavy atom. The van der Waals surface area contributed by atoms with Crippen molar-refractivity contribution in [2.24, 2.45) is 0 Å². The molecule has 14 heavy (non-hydrogen) atoms. The second-order valence-corrected chi connectivity index (χ2v) is 3.56. The lowest BCUT2D eigenvalue weighted by atomic mass is 9.80. The molecule has 0 heterocycles. The molecule has 6 heteroatoms. The fourth-order valence-corrected chi connectivity index (χ4v) is 1.63. The third-order valence-corrected chi connectivity index (χ3v) is 2.45. The Kier molecular flexibility index (Phi) is 3.10. The minimum atomic E-state index is -1.91. The van der Waals surface area contributed by atoms with E-state index >= 15 is 0 Å². The van der Waals surface area contributed by atoms with Crippen LogP contribution in [-0.4, -0.2) is 57.4 Å². The highest BCUT2D eigenvalue weighted by molar-refractivity contribution is 5.79. The van der Waals surface area contributed by atoms with Crippen molar-refractivity contribution in [3.8, 4) is 0 Å². The van der Waals surface area contributed by atoms with Crippen LogP contribution in [0.25, 0.3) is 0 Å². The second kappa shape index (κ2) is 3.82. The second-order valence-electron chi connectivity index (χ2n) is 3.56. The van der Waals surface area contributed by atoms with Gasteiger partial charge in [0.05, 0.1) is 19.3 Å². The van der Waals surface area contributed by atoms with Crippen LogP contribution in [0.4, 0.5) is 0 Å². The Morgan fingerprint density at radius 3 is 2.07 bits per heavy atom. The number of ether oxygens (including phenoxy) is 1. The van der Waals surface area contributed by atoms with Gasteiger partial charge in [-0.1, -0.05) is 0 Å². The van der Waals surface area contributed by atoms with E-state index in [0.717, 1.165) is 7.11 Å². The Labute approximate surface area is 80.7 Å². The number of hydrogen-bond acceptors (Lipinski definition) is 6. The summed E-state index contributed by atoms with van der Waals surface area (Å²) in [5, 5.41) is 37.4. The molecule has 0 saturated heterocycles. The zero-order chi connectivity index (χ0) is 10.9. The summed E-state index contributed by atoms with van der Waals surface area (Å²) in [7, 11) is 1.10. The zero-order valence-electron chi connectivity index (χ0n) is 7.75. The number of carbonyl (C=O) groups excluding carboxylic acids is 1. The van der Waals surface area contributed by atoms with E-state index in [1.165, 1.54) is 0 Å². The number of aliphatic hydroxyl groups is 4. The number of carbonyl (C=O) groups is 1. The third-order valence-electron chi connectivity index (χ3n) is 2.45. The Morgan fingerprint density at radius 2 is 1.71 bits per heavy atom. The van der Waals surface area contributed by atoms with Crippen molar-refractivity contribution in [3.05, 3.63) is 0 Å². The van der Waals surface area contributed by atoms with Gasteiger partial charge < -0.3 is 25.2 Å². The van der Waals surface area contributed by atoms with Crippen LogP contribution in [-0.2, 0) is 9.53 Å². The molecule has 0 aliphatic heterocycles. The molecule has 82 valence electrons. The lowest BCUT2D eigenvalue weighted by molar-refractivity contribution is -0.189. The Balaban J connectivity index is 2.78. The molecule has 0 unspecified atom stereocenters. The largest absolute Gasteiger partial charge is 0.467 e. The number of methoxy groups -OCH3 is 1. The van der Waals surface area contributed by atoms with Crippen molar-refractivity contribution in [3.63, 3.8) is 0 Å². The maximum absolute atomic E-state index is 11.1.